The summed E-state index contributed by atoms with van der Waals surface area (Å²) in [6, 6.07) is 0. The lowest BCUT2D eigenvalue weighted by atomic mass is 10.1. The van der Waals surface area contributed by atoms with Crippen molar-refractivity contribution in [2.45, 2.75) is 53.6 Å². The maximum Gasteiger partial charge on any atom is 0.325 e. The van der Waals surface area contributed by atoms with Gasteiger partial charge in [0, 0.05) is 5.92 Å². The Balaban J connectivity index is 3.83. The summed E-state index contributed by atoms with van der Waals surface area (Å²) in [5, 5.41) is 2.58. The van der Waals surface area contributed by atoms with Crippen LogP contribution in [0.4, 0.5) is 0 Å². The number of hydrogen-bond acceptors (Lipinski definition) is 3. The van der Waals surface area contributed by atoms with Crippen molar-refractivity contribution in [3.05, 3.63) is 0 Å². The highest BCUT2D eigenvalue weighted by Gasteiger charge is 2.14. The Kier molecular flexibility index (Phi) is 7.59. The summed E-state index contributed by atoms with van der Waals surface area (Å²) in [5.74, 6) is -0.0286. The molecule has 0 unspecified atom stereocenters. The minimum absolute atomic E-state index is 0.0361. The smallest absolute Gasteiger partial charge is 0.325 e. The van der Waals surface area contributed by atoms with Gasteiger partial charge in [0.05, 0.1) is 6.10 Å². The van der Waals surface area contributed by atoms with Crippen LogP contribution in [0.25, 0.3) is 0 Å². The first-order valence-corrected chi connectivity index (χ1v) is 6.34. The van der Waals surface area contributed by atoms with Gasteiger partial charge in [0.2, 0.25) is 5.91 Å². The maximum atomic E-state index is 11.4. The van der Waals surface area contributed by atoms with E-state index in [1.807, 2.05) is 20.8 Å². The molecule has 0 aromatic heterocycles. The number of ether oxygens (including phenoxy) is 1. The molecule has 17 heavy (non-hydrogen) atoms. The molecule has 4 nitrogen and oxygen atoms in total. The van der Waals surface area contributed by atoms with Crippen LogP contribution in [0.3, 0.4) is 0 Å². The molecular formula is C13H25NO3. The largest absolute Gasteiger partial charge is 0.461 e. The first kappa shape index (κ1) is 15.9. The topological polar surface area (TPSA) is 55.4 Å². The maximum absolute atomic E-state index is 11.4. The van der Waals surface area contributed by atoms with E-state index in [1.165, 1.54) is 0 Å². The Labute approximate surface area is 104 Å². The zero-order chi connectivity index (χ0) is 13.4. The lowest BCUT2D eigenvalue weighted by molar-refractivity contribution is -0.149. The van der Waals surface area contributed by atoms with Gasteiger partial charge < -0.3 is 10.1 Å². The Bertz CT molecular complexity index is 251. The molecule has 0 aromatic rings. The monoisotopic (exact) mass is 243 g/mol. The lowest BCUT2D eigenvalue weighted by Crippen LogP contribution is -2.35. The van der Waals surface area contributed by atoms with Crippen LogP contribution < -0.4 is 5.32 Å². The standard InChI is InChI=1S/C13H25NO3/c1-6-10(4)13(16)14-8-12(15)17-11(5)7-9(2)3/h9-11H,6-8H2,1-5H3,(H,14,16)/t10-,11-/m1/s1. The van der Waals surface area contributed by atoms with Gasteiger partial charge in [-0.2, -0.15) is 0 Å². The van der Waals surface area contributed by atoms with Gasteiger partial charge in [0.1, 0.15) is 6.54 Å². The lowest BCUT2D eigenvalue weighted by Gasteiger charge is -2.16. The minimum Gasteiger partial charge on any atom is -0.461 e. The van der Waals surface area contributed by atoms with E-state index in [2.05, 4.69) is 19.2 Å². The number of rotatable bonds is 7. The summed E-state index contributed by atoms with van der Waals surface area (Å²) in [7, 11) is 0. The molecule has 0 fully saturated rings. The van der Waals surface area contributed by atoms with Crippen LogP contribution in [-0.4, -0.2) is 24.5 Å². The zero-order valence-corrected chi connectivity index (χ0v) is 11.6. The van der Waals surface area contributed by atoms with Gasteiger partial charge in [0.25, 0.3) is 0 Å². The molecule has 1 N–H and O–H groups in total. The van der Waals surface area contributed by atoms with E-state index in [0.29, 0.717) is 5.92 Å². The summed E-state index contributed by atoms with van der Waals surface area (Å²) in [4.78, 5) is 22.8. The molecule has 0 heterocycles. The van der Waals surface area contributed by atoms with E-state index >= 15 is 0 Å². The van der Waals surface area contributed by atoms with Crippen LogP contribution in [0.2, 0.25) is 0 Å². The summed E-state index contributed by atoms with van der Waals surface area (Å²) < 4.78 is 5.17. The third-order valence-electron chi connectivity index (χ3n) is 2.60. The predicted octanol–water partition coefficient (Wildman–Crippen LogP) is 2.13. The molecule has 0 rings (SSSR count). The Morgan fingerprint density at radius 2 is 1.76 bits per heavy atom. The Morgan fingerprint density at radius 3 is 2.24 bits per heavy atom. The van der Waals surface area contributed by atoms with Crippen molar-refractivity contribution >= 4 is 11.9 Å². The molecule has 0 saturated heterocycles. The van der Waals surface area contributed by atoms with Gasteiger partial charge in [0.15, 0.2) is 0 Å². The molecule has 0 bridgehead atoms. The molecule has 2 atom stereocenters. The third kappa shape index (κ3) is 7.77. The van der Waals surface area contributed by atoms with Gasteiger partial charge in [-0.1, -0.05) is 27.7 Å². The summed E-state index contributed by atoms with van der Waals surface area (Å²) in [6.45, 7) is 9.76. The molecule has 4 heteroatoms. The first-order chi connectivity index (χ1) is 7.86. The fourth-order valence-corrected chi connectivity index (χ4v) is 1.50. The van der Waals surface area contributed by atoms with Crippen molar-refractivity contribution in [2.24, 2.45) is 11.8 Å². The SMILES string of the molecule is CC[C@@H](C)C(=O)NCC(=O)O[C@H](C)CC(C)C. The molecule has 0 aliphatic rings. The second-order valence-electron chi connectivity index (χ2n) is 4.96. The highest BCUT2D eigenvalue weighted by Crippen LogP contribution is 2.07. The van der Waals surface area contributed by atoms with Gasteiger partial charge >= 0.3 is 5.97 Å². The van der Waals surface area contributed by atoms with Gasteiger partial charge in [-0.25, -0.2) is 0 Å². The fourth-order valence-electron chi connectivity index (χ4n) is 1.50. The Morgan fingerprint density at radius 1 is 1.18 bits per heavy atom. The van der Waals surface area contributed by atoms with Crippen LogP contribution in [0.1, 0.15) is 47.5 Å². The predicted molar refractivity (Wildman–Crippen MR) is 67.5 cm³/mol. The molecule has 0 spiro atoms. The van der Waals surface area contributed by atoms with Gasteiger partial charge in [-0.3, -0.25) is 9.59 Å². The molecule has 1 amide bonds. The molecule has 0 aromatic carbocycles. The van der Waals surface area contributed by atoms with E-state index in [9.17, 15) is 9.59 Å². The molecular weight excluding hydrogens is 218 g/mol. The Hall–Kier alpha value is -1.06. The second kappa shape index (κ2) is 8.09. The van der Waals surface area contributed by atoms with E-state index < -0.39 is 0 Å². The van der Waals surface area contributed by atoms with Gasteiger partial charge in [-0.05, 0) is 25.7 Å². The summed E-state index contributed by atoms with van der Waals surface area (Å²) >= 11 is 0. The second-order valence-corrected chi connectivity index (χ2v) is 4.96. The van der Waals surface area contributed by atoms with Gasteiger partial charge in [-0.15, -0.1) is 0 Å². The van der Waals surface area contributed by atoms with Crippen LogP contribution >= 0.6 is 0 Å². The molecule has 0 aliphatic heterocycles. The van der Waals surface area contributed by atoms with Crippen molar-refractivity contribution in [3.63, 3.8) is 0 Å². The number of esters is 1. The van der Waals surface area contributed by atoms with Crippen molar-refractivity contribution in [1.82, 2.24) is 5.32 Å². The quantitative estimate of drug-likeness (QED) is 0.697. The molecule has 100 valence electrons. The minimum atomic E-state index is -0.366. The number of carbonyl (C=O) groups excluding carboxylic acids is 2. The molecule has 0 saturated carbocycles. The van der Waals surface area contributed by atoms with Crippen LogP contribution in [0.15, 0.2) is 0 Å². The fraction of sp³-hybridized carbons (Fsp3) is 0.846. The van der Waals surface area contributed by atoms with Crippen molar-refractivity contribution in [2.75, 3.05) is 6.54 Å². The third-order valence-corrected chi connectivity index (χ3v) is 2.60. The highest BCUT2D eigenvalue weighted by atomic mass is 16.5. The van der Waals surface area contributed by atoms with Crippen LogP contribution in [0.5, 0.6) is 0 Å². The molecule has 0 radical (unpaired) electrons. The van der Waals surface area contributed by atoms with E-state index in [0.717, 1.165) is 12.8 Å². The normalized spacial score (nSPS) is 14.2. The van der Waals surface area contributed by atoms with Crippen molar-refractivity contribution in [3.8, 4) is 0 Å². The first-order valence-electron chi connectivity index (χ1n) is 6.34. The van der Waals surface area contributed by atoms with Crippen molar-refractivity contribution in [1.29, 1.82) is 0 Å². The average molecular weight is 243 g/mol. The highest BCUT2D eigenvalue weighted by molar-refractivity contribution is 5.83. The van der Waals surface area contributed by atoms with Crippen molar-refractivity contribution < 1.29 is 14.3 Å². The number of hydrogen-bond donors (Lipinski definition) is 1. The average Bonchev–Trinajstić information content (AvgIpc) is 2.23. The van der Waals surface area contributed by atoms with Crippen LogP contribution in [-0.2, 0) is 14.3 Å². The van der Waals surface area contributed by atoms with E-state index in [4.69, 9.17) is 4.74 Å². The number of amides is 1. The van der Waals surface area contributed by atoms with E-state index in [1.54, 1.807) is 0 Å². The van der Waals surface area contributed by atoms with E-state index in [-0.39, 0.29) is 30.4 Å². The number of carbonyl (C=O) groups is 2. The number of nitrogens with one attached hydrogen (secondary N) is 1. The zero-order valence-electron chi connectivity index (χ0n) is 11.6. The summed E-state index contributed by atoms with van der Waals surface area (Å²) in [5.41, 5.74) is 0. The van der Waals surface area contributed by atoms with Crippen LogP contribution in [0, 0.1) is 11.8 Å². The summed E-state index contributed by atoms with van der Waals surface area (Å²) in [6.07, 6.45) is 1.51. The molecule has 0 aliphatic carbocycles.